The molecule has 21 heavy (non-hydrogen) atoms. The van der Waals surface area contributed by atoms with Crippen molar-refractivity contribution < 1.29 is 24.9 Å². The Labute approximate surface area is 117 Å². The highest BCUT2D eigenvalue weighted by molar-refractivity contribution is 5.83. The highest BCUT2D eigenvalue weighted by Gasteiger charge is 2.37. The number of aromatic nitrogens is 2. The minimum Gasteiger partial charge on any atom is -0.545 e. The third kappa shape index (κ3) is 3.10. The molecule has 0 aromatic carbocycles. The SMILES string of the molecule is O=C([O-])/C=C/c1cn([C@H]2OC[C@@H](CO)[C@@H]2O)c(=O)[nH]c1=O. The summed E-state index contributed by atoms with van der Waals surface area (Å²) in [5, 5.41) is 29.3. The van der Waals surface area contributed by atoms with Gasteiger partial charge in [0.25, 0.3) is 5.56 Å². The van der Waals surface area contributed by atoms with E-state index >= 15 is 0 Å². The predicted molar refractivity (Wildman–Crippen MR) is 66.9 cm³/mol. The molecule has 9 nitrogen and oxygen atoms in total. The van der Waals surface area contributed by atoms with E-state index in [9.17, 15) is 24.6 Å². The lowest BCUT2D eigenvalue weighted by Gasteiger charge is -2.18. The van der Waals surface area contributed by atoms with Crippen LogP contribution in [0.2, 0.25) is 0 Å². The minimum atomic E-state index is -1.50. The number of nitrogens with one attached hydrogen (secondary N) is 1. The number of aliphatic carboxylic acids is 1. The Hall–Kier alpha value is -2.23. The van der Waals surface area contributed by atoms with Crippen molar-refractivity contribution in [2.75, 3.05) is 13.2 Å². The number of rotatable bonds is 4. The summed E-state index contributed by atoms with van der Waals surface area (Å²) in [5.41, 5.74) is -1.70. The molecule has 1 saturated heterocycles. The zero-order chi connectivity index (χ0) is 15.6. The van der Waals surface area contributed by atoms with E-state index in [1.54, 1.807) is 0 Å². The number of aliphatic hydroxyl groups excluding tert-OH is 2. The molecule has 1 aliphatic rings. The van der Waals surface area contributed by atoms with Gasteiger partial charge >= 0.3 is 5.69 Å². The second kappa shape index (κ2) is 6.04. The minimum absolute atomic E-state index is 0.0537. The first-order valence-corrected chi connectivity index (χ1v) is 6.09. The van der Waals surface area contributed by atoms with Crippen LogP contribution in [-0.2, 0) is 9.53 Å². The first-order valence-electron chi connectivity index (χ1n) is 6.09. The van der Waals surface area contributed by atoms with E-state index in [-0.39, 0.29) is 18.8 Å². The fourth-order valence-corrected chi connectivity index (χ4v) is 2.02. The van der Waals surface area contributed by atoms with Crippen LogP contribution >= 0.6 is 0 Å². The zero-order valence-electron chi connectivity index (χ0n) is 10.8. The number of H-pyrrole nitrogens is 1. The quantitative estimate of drug-likeness (QED) is 0.496. The Morgan fingerprint density at radius 3 is 2.86 bits per heavy atom. The van der Waals surface area contributed by atoms with Gasteiger partial charge in [0, 0.05) is 12.1 Å². The van der Waals surface area contributed by atoms with Crippen molar-refractivity contribution in [2.45, 2.75) is 12.3 Å². The van der Waals surface area contributed by atoms with Crippen LogP contribution in [0, 0.1) is 5.92 Å². The Balaban J connectivity index is 2.41. The lowest BCUT2D eigenvalue weighted by Crippen LogP contribution is -2.37. The molecule has 0 amide bonds. The van der Waals surface area contributed by atoms with E-state index in [1.807, 2.05) is 4.98 Å². The van der Waals surface area contributed by atoms with Crippen molar-refractivity contribution in [3.05, 3.63) is 38.7 Å². The van der Waals surface area contributed by atoms with Gasteiger partial charge in [-0.3, -0.25) is 14.3 Å². The van der Waals surface area contributed by atoms with Crippen molar-refractivity contribution in [1.82, 2.24) is 9.55 Å². The largest absolute Gasteiger partial charge is 0.545 e. The first-order chi connectivity index (χ1) is 9.93. The van der Waals surface area contributed by atoms with Gasteiger partial charge in [0.05, 0.1) is 24.7 Å². The van der Waals surface area contributed by atoms with Gasteiger partial charge in [-0.25, -0.2) is 4.79 Å². The standard InChI is InChI=1S/C12H14N2O7/c15-4-7-5-21-11(9(7)18)14-3-6(1-2-8(16)17)10(19)13-12(14)20/h1-3,7,9,11,15,18H,4-5H2,(H,16,17)(H,13,19,20)/p-1/b2-1+/t7-,9+,11+/m1/s1. The lowest BCUT2D eigenvalue weighted by atomic mass is 10.1. The Bertz CT molecular complexity index is 675. The van der Waals surface area contributed by atoms with Crippen LogP contribution in [0.3, 0.4) is 0 Å². The number of nitrogens with zero attached hydrogens (tertiary/aromatic N) is 1. The Kier molecular flexibility index (Phi) is 4.36. The summed E-state index contributed by atoms with van der Waals surface area (Å²) in [6, 6.07) is 0. The van der Waals surface area contributed by atoms with Gasteiger partial charge < -0.3 is 24.9 Å². The maximum Gasteiger partial charge on any atom is 0.330 e. The summed E-state index contributed by atoms with van der Waals surface area (Å²) >= 11 is 0. The molecule has 3 N–H and O–H groups in total. The van der Waals surface area contributed by atoms with Crippen molar-refractivity contribution in [1.29, 1.82) is 0 Å². The number of carbonyl (C=O) groups is 1. The highest BCUT2D eigenvalue weighted by Crippen LogP contribution is 2.27. The van der Waals surface area contributed by atoms with Gasteiger partial charge in [-0.2, -0.15) is 0 Å². The van der Waals surface area contributed by atoms with E-state index in [0.717, 1.165) is 16.8 Å². The fourth-order valence-electron chi connectivity index (χ4n) is 2.02. The molecular formula is C12H13N2O7-. The molecule has 1 aromatic rings. The van der Waals surface area contributed by atoms with Gasteiger partial charge in [0.2, 0.25) is 0 Å². The summed E-state index contributed by atoms with van der Waals surface area (Å²) in [4.78, 5) is 35.7. The molecule has 0 unspecified atom stereocenters. The van der Waals surface area contributed by atoms with Crippen LogP contribution < -0.4 is 16.4 Å². The molecule has 1 fully saturated rings. The molecule has 9 heteroatoms. The van der Waals surface area contributed by atoms with Gasteiger partial charge in [0.15, 0.2) is 6.23 Å². The zero-order valence-corrected chi connectivity index (χ0v) is 10.8. The van der Waals surface area contributed by atoms with Crippen LogP contribution in [0.5, 0.6) is 0 Å². The number of hydrogen-bond donors (Lipinski definition) is 3. The Morgan fingerprint density at radius 1 is 1.57 bits per heavy atom. The van der Waals surface area contributed by atoms with E-state index in [4.69, 9.17) is 9.84 Å². The third-order valence-electron chi connectivity index (χ3n) is 3.16. The molecule has 0 radical (unpaired) electrons. The fraction of sp³-hybridized carbons (Fsp3) is 0.417. The Morgan fingerprint density at radius 2 is 2.29 bits per heavy atom. The number of carboxylic acids is 1. The van der Waals surface area contributed by atoms with E-state index in [0.29, 0.717) is 6.08 Å². The number of carbonyl (C=O) groups excluding carboxylic acids is 1. The van der Waals surface area contributed by atoms with Crippen LogP contribution in [-0.4, -0.2) is 45.1 Å². The van der Waals surface area contributed by atoms with Crippen molar-refractivity contribution in [3.8, 4) is 0 Å². The molecule has 1 aromatic heterocycles. The van der Waals surface area contributed by atoms with Gasteiger partial charge in [0.1, 0.15) is 6.10 Å². The molecule has 3 atom stereocenters. The summed E-state index contributed by atoms with van der Waals surface area (Å²) in [6.07, 6.45) is 0.489. The second-order valence-corrected chi connectivity index (χ2v) is 4.56. The number of ether oxygens (including phenoxy) is 1. The van der Waals surface area contributed by atoms with Crippen molar-refractivity contribution in [3.63, 3.8) is 0 Å². The van der Waals surface area contributed by atoms with Crippen LogP contribution in [0.4, 0.5) is 0 Å². The molecular weight excluding hydrogens is 284 g/mol. The van der Waals surface area contributed by atoms with Crippen molar-refractivity contribution in [2.24, 2.45) is 5.92 Å². The van der Waals surface area contributed by atoms with Gasteiger partial charge in [-0.05, 0) is 12.2 Å². The average Bonchev–Trinajstić information content (AvgIpc) is 2.78. The van der Waals surface area contributed by atoms with Crippen LogP contribution in [0.25, 0.3) is 6.08 Å². The lowest BCUT2D eigenvalue weighted by molar-refractivity contribution is -0.297. The van der Waals surface area contributed by atoms with Gasteiger partial charge in [-0.15, -0.1) is 0 Å². The van der Waals surface area contributed by atoms with Gasteiger partial charge in [-0.1, -0.05) is 0 Å². The maximum absolute atomic E-state index is 11.8. The maximum atomic E-state index is 11.8. The molecule has 2 heterocycles. The molecule has 0 aliphatic carbocycles. The molecule has 2 rings (SSSR count). The third-order valence-corrected chi connectivity index (χ3v) is 3.16. The van der Waals surface area contributed by atoms with E-state index < -0.39 is 35.5 Å². The van der Waals surface area contributed by atoms with E-state index in [2.05, 4.69) is 0 Å². The topological polar surface area (TPSA) is 145 Å². The number of hydrogen-bond acceptors (Lipinski definition) is 7. The number of aliphatic hydroxyl groups is 2. The summed E-state index contributed by atoms with van der Waals surface area (Å²) in [5.74, 6) is -2.04. The second-order valence-electron chi connectivity index (χ2n) is 4.56. The highest BCUT2D eigenvalue weighted by atomic mass is 16.5. The molecule has 0 bridgehead atoms. The number of aromatic amines is 1. The predicted octanol–water partition coefficient (Wildman–Crippen LogP) is -3.20. The van der Waals surface area contributed by atoms with E-state index in [1.165, 1.54) is 0 Å². The smallest absolute Gasteiger partial charge is 0.330 e. The van der Waals surface area contributed by atoms with Crippen molar-refractivity contribution >= 4 is 12.0 Å². The molecule has 0 spiro atoms. The average molecular weight is 297 g/mol. The molecule has 114 valence electrons. The summed E-state index contributed by atoms with van der Waals surface area (Å²) in [7, 11) is 0. The number of carboxylic acid groups (broad SMARTS) is 1. The summed E-state index contributed by atoms with van der Waals surface area (Å²) < 4.78 is 6.18. The molecule has 1 aliphatic heterocycles. The summed E-state index contributed by atoms with van der Waals surface area (Å²) in [6.45, 7) is -0.259. The first kappa shape index (κ1) is 15.2. The monoisotopic (exact) mass is 297 g/mol. The van der Waals surface area contributed by atoms with Crippen LogP contribution in [0.1, 0.15) is 11.8 Å². The molecule has 0 saturated carbocycles. The van der Waals surface area contributed by atoms with Crippen LogP contribution in [0.15, 0.2) is 21.9 Å². The normalized spacial score (nSPS) is 25.5.